The first-order chi connectivity index (χ1) is 13.6. The average Bonchev–Trinajstić information content (AvgIpc) is 2.86. The summed E-state index contributed by atoms with van der Waals surface area (Å²) in [4.78, 5) is 26.5. The molecule has 3 aromatic carbocycles. The van der Waals surface area contributed by atoms with Crippen LogP contribution in [0.25, 0.3) is 0 Å². The van der Waals surface area contributed by atoms with E-state index in [1.54, 1.807) is 23.9 Å². The maximum absolute atomic E-state index is 13.2. The highest BCUT2D eigenvalue weighted by Crippen LogP contribution is 2.41. The summed E-state index contributed by atoms with van der Waals surface area (Å²) in [6.07, 6.45) is 0. The van der Waals surface area contributed by atoms with Gasteiger partial charge in [-0.25, -0.2) is 0 Å². The second-order valence-corrected chi connectivity index (χ2v) is 7.87. The molecule has 1 aliphatic heterocycles. The van der Waals surface area contributed by atoms with Gasteiger partial charge in [-0.15, -0.1) is 11.8 Å². The van der Waals surface area contributed by atoms with E-state index in [-0.39, 0.29) is 16.8 Å². The molecule has 1 atom stereocenters. The van der Waals surface area contributed by atoms with Crippen LogP contribution in [-0.2, 0) is 6.54 Å². The van der Waals surface area contributed by atoms with Crippen molar-refractivity contribution in [2.75, 3.05) is 6.54 Å². The van der Waals surface area contributed by atoms with E-state index in [2.05, 4.69) is 12.1 Å². The molecule has 0 bridgehead atoms. The lowest BCUT2D eigenvalue weighted by Gasteiger charge is -2.24. The summed E-state index contributed by atoms with van der Waals surface area (Å²) in [6, 6.07) is 24.2. The van der Waals surface area contributed by atoms with Crippen molar-refractivity contribution >= 4 is 23.4 Å². The first-order valence-corrected chi connectivity index (χ1v) is 9.83. The highest BCUT2D eigenvalue weighted by Gasteiger charge is 2.29. The maximum atomic E-state index is 13.2. The zero-order chi connectivity index (χ0) is 19.5. The summed E-state index contributed by atoms with van der Waals surface area (Å²) < 4.78 is 0. The Balaban J connectivity index is 1.66. The van der Waals surface area contributed by atoms with Crippen LogP contribution in [0.3, 0.4) is 0 Å². The Bertz CT molecular complexity index is 1010. The van der Waals surface area contributed by atoms with Gasteiger partial charge >= 0.3 is 0 Å². The van der Waals surface area contributed by atoms with Crippen molar-refractivity contribution in [1.82, 2.24) is 4.90 Å². The van der Waals surface area contributed by atoms with E-state index in [1.165, 1.54) is 17.7 Å². The number of benzene rings is 3. The number of rotatable bonds is 4. The van der Waals surface area contributed by atoms with E-state index in [0.29, 0.717) is 18.7 Å². The lowest BCUT2D eigenvalue weighted by molar-refractivity contribution is -0.384. The van der Waals surface area contributed by atoms with Crippen LogP contribution >= 0.6 is 11.8 Å². The second-order valence-electron chi connectivity index (χ2n) is 6.62. The van der Waals surface area contributed by atoms with Gasteiger partial charge in [0, 0.05) is 30.1 Å². The highest BCUT2D eigenvalue weighted by atomic mass is 32.2. The van der Waals surface area contributed by atoms with E-state index in [9.17, 15) is 14.9 Å². The highest BCUT2D eigenvalue weighted by molar-refractivity contribution is 7.99. The number of carbonyl (C=O) groups excluding carboxylic acids is 1. The molecule has 0 saturated heterocycles. The van der Waals surface area contributed by atoms with Gasteiger partial charge in [0.05, 0.1) is 15.7 Å². The third-order valence-electron chi connectivity index (χ3n) is 4.75. The molecule has 1 aliphatic rings. The normalized spacial score (nSPS) is 16.4. The van der Waals surface area contributed by atoms with Crippen LogP contribution in [0.1, 0.15) is 26.7 Å². The van der Waals surface area contributed by atoms with Crippen molar-refractivity contribution < 1.29 is 9.72 Å². The number of hydrogen-bond acceptors (Lipinski definition) is 4. The summed E-state index contributed by atoms with van der Waals surface area (Å²) in [5.41, 5.74) is 2.79. The fourth-order valence-electron chi connectivity index (χ4n) is 3.31. The summed E-state index contributed by atoms with van der Waals surface area (Å²) >= 11 is 1.70. The monoisotopic (exact) mass is 390 g/mol. The molecule has 5 nitrogen and oxygen atoms in total. The summed E-state index contributed by atoms with van der Waals surface area (Å²) in [5, 5.41) is 11.0. The molecule has 140 valence electrons. The molecule has 4 rings (SSSR count). The van der Waals surface area contributed by atoms with Gasteiger partial charge in [-0.1, -0.05) is 54.6 Å². The number of non-ortho nitro benzene ring substituents is 1. The number of carbonyl (C=O) groups is 1. The fraction of sp³-hybridized carbons (Fsp3) is 0.136. The number of nitro benzene ring substituents is 1. The van der Waals surface area contributed by atoms with Crippen LogP contribution in [0.15, 0.2) is 83.8 Å². The molecule has 0 N–H and O–H groups in total. The molecular formula is C22H18N2O3S. The summed E-state index contributed by atoms with van der Waals surface area (Å²) in [7, 11) is 0. The quantitative estimate of drug-likeness (QED) is 0.460. The number of nitrogens with zero attached hydrogens (tertiary/aromatic N) is 2. The number of fused-ring (bicyclic) bond motifs is 1. The Labute approximate surface area is 167 Å². The smallest absolute Gasteiger partial charge is 0.269 e. The molecular weight excluding hydrogens is 372 g/mol. The Hall–Kier alpha value is -3.12. The van der Waals surface area contributed by atoms with E-state index >= 15 is 0 Å². The van der Waals surface area contributed by atoms with Crippen molar-refractivity contribution in [3.05, 3.63) is 106 Å². The third kappa shape index (κ3) is 3.77. The van der Waals surface area contributed by atoms with Gasteiger partial charge in [0.15, 0.2) is 0 Å². The van der Waals surface area contributed by atoms with Gasteiger partial charge in [-0.2, -0.15) is 0 Å². The topological polar surface area (TPSA) is 63.5 Å². The molecule has 3 aromatic rings. The van der Waals surface area contributed by atoms with Crippen molar-refractivity contribution in [3.8, 4) is 0 Å². The predicted molar refractivity (Wildman–Crippen MR) is 109 cm³/mol. The molecule has 0 saturated carbocycles. The van der Waals surface area contributed by atoms with Crippen LogP contribution in [0.4, 0.5) is 5.69 Å². The zero-order valence-corrected chi connectivity index (χ0v) is 15.8. The molecule has 28 heavy (non-hydrogen) atoms. The van der Waals surface area contributed by atoms with E-state index in [4.69, 9.17) is 0 Å². The molecule has 0 aliphatic carbocycles. The Kier molecular flexibility index (Phi) is 5.12. The maximum Gasteiger partial charge on any atom is 0.269 e. The second kappa shape index (κ2) is 7.86. The number of thioether (sulfide) groups is 1. The average molecular weight is 390 g/mol. The number of hydrogen-bond donors (Lipinski definition) is 0. The Morgan fingerprint density at radius 2 is 1.64 bits per heavy atom. The lowest BCUT2D eigenvalue weighted by atomic mass is 10.1. The standard InChI is InChI=1S/C22H18N2O3S/c25-22-19-8-4-5-9-20(19)28-21(17-6-2-1-3-7-17)15-23(22)14-16-10-12-18(13-11-16)24(26)27/h1-13,21H,14-15H2. The molecule has 0 aromatic heterocycles. The predicted octanol–water partition coefficient (Wildman–Crippen LogP) is 5.08. The summed E-state index contributed by atoms with van der Waals surface area (Å²) in [6.45, 7) is 0.980. The van der Waals surface area contributed by atoms with Crippen LogP contribution in [0.2, 0.25) is 0 Å². The Morgan fingerprint density at radius 3 is 2.36 bits per heavy atom. The minimum atomic E-state index is -0.417. The van der Waals surface area contributed by atoms with Crippen LogP contribution in [0.5, 0.6) is 0 Å². The SMILES string of the molecule is O=C1c2ccccc2SC(c2ccccc2)CN1Cc1ccc([N+](=O)[O-])cc1. The molecule has 0 radical (unpaired) electrons. The van der Waals surface area contributed by atoms with Crippen LogP contribution < -0.4 is 0 Å². The molecule has 6 heteroatoms. The minimum absolute atomic E-state index is 0.0140. The molecule has 0 spiro atoms. The van der Waals surface area contributed by atoms with Crippen LogP contribution in [-0.4, -0.2) is 22.3 Å². The first-order valence-electron chi connectivity index (χ1n) is 8.95. The van der Waals surface area contributed by atoms with Gasteiger partial charge < -0.3 is 4.90 Å². The van der Waals surface area contributed by atoms with Crippen molar-refractivity contribution in [2.24, 2.45) is 0 Å². The third-order valence-corrected chi connectivity index (χ3v) is 6.07. The molecule has 1 unspecified atom stereocenters. The fourth-order valence-corrected chi connectivity index (χ4v) is 4.60. The zero-order valence-electron chi connectivity index (χ0n) is 15.0. The number of nitro groups is 1. The van der Waals surface area contributed by atoms with Crippen molar-refractivity contribution in [2.45, 2.75) is 16.7 Å². The first kappa shape index (κ1) is 18.3. The van der Waals surface area contributed by atoms with E-state index < -0.39 is 4.92 Å². The van der Waals surface area contributed by atoms with Crippen LogP contribution in [0, 0.1) is 10.1 Å². The Morgan fingerprint density at radius 1 is 0.964 bits per heavy atom. The van der Waals surface area contributed by atoms with Gasteiger partial charge in [0.2, 0.25) is 0 Å². The van der Waals surface area contributed by atoms with Gasteiger partial charge in [-0.3, -0.25) is 14.9 Å². The lowest BCUT2D eigenvalue weighted by Crippen LogP contribution is -2.32. The molecule has 1 heterocycles. The van der Waals surface area contributed by atoms with Gasteiger partial charge in [0.25, 0.3) is 11.6 Å². The van der Waals surface area contributed by atoms with Gasteiger partial charge in [0.1, 0.15) is 0 Å². The van der Waals surface area contributed by atoms with E-state index in [0.717, 1.165) is 10.5 Å². The largest absolute Gasteiger partial charge is 0.333 e. The van der Waals surface area contributed by atoms with E-state index in [1.807, 2.05) is 47.4 Å². The molecule has 1 amide bonds. The molecule has 0 fully saturated rings. The minimum Gasteiger partial charge on any atom is -0.333 e. The number of amides is 1. The van der Waals surface area contributed by atoms with Crippen molar-refractivity contribution in [1.29, 1.82) is 0 Å². The van der Waals surface area contributed by atoms with Crippen molar-refractivity contribution in [3.63, 3.8) is 0 Å². The van der Waals surface area contributed by atoms with Gasteiger partial charge in [-0.05, 0) is 23.3 Å². The summed E-state index contributed by atoms with van der Waals surface area (Å²) in [5.74, 6) is -0.0140.